The lowest BCUT2D eigenvalue weighted by Gasteiger charge is -2.30. The van der Waals surface area contributed by atoms with Gasteiger partial charge in [-0.25, -0.2) is 4.99 Å². The molecule has 27 heavy (non-hydrogen) atoms. The summed E-state index contributed by atoms with van der Waals surface area (Å²) in [5.74, 6) is 1.38. The summed E-state index contributed by atoms with van der Waals surface area (Å²) >= 11 is 0. The topological polar surface area (TPSA) is 69.1 Å². The normalized spacial score (nSPS) is 11.7. The first kappa shape index (κ1) is 25.8. The molecule has 0 aliphatic carbocycles. The molecule has 156 valence electrons. The number of guanidine groups is 1. The van der Waals surface area contributed by atoms with Gasteiger partial charge in [-0.2, -0.15) is 0 Å². The van der Waals surface area contributed by atoms with Crippen LogP contribution in [0.2, 0.25) is 0 Å². The molecule has 0 aromatic heterocycles. The Hall–Kier alpha value is -1.22. The summed E-state index contributed by atoms with van der Waals surface area (Å²) in [6, 6.07) is 6.55. The second kappa shape index (κ2) is 13.9. The van der Waals surface area contributed by atoms with E-state index in [1.165, 1.54) is 0 Å². The van der Waals surface area contributed by atoms with E-state index in [9.17, 15) is 5.11 Å². The van der Waals surface area contributed by atoms with Gasteiger partial charge < -0.3 is 20.5 Å². The molecule has 0 aliphatic heterocycles. The number of para-hydroxylation sites is 1. The van der Waals surface area contributed by atoms with Crippen LogP contribution in [-0.2, 0) is 6.54 Å². The van der Waals surface area contributed by atoms with E-state index in [0.29, 0.717) is 24.4 Å². The van der Waals surface area contributed by atoms with E-state index in [4.69, 9.17) is 4.74 Å². The van der Waals surface area contributed by atoms with E-state index in [0.717, 1.165) is 37.6 Å². The van der Waals surface area contributed by atoms with Gasteiger partial charge in [0.15, 0.2) is 17.5 Å². The molecule has 1 aromatic rings. The lowest BCUT2D eigenvalue weighted by Crippen LogP contribution is -2.41. The van der Waals surface area contributed by atoms with E-state index in [-0.39, 0.29) is 29.7 Å². The summed E-state index contributed by atoms with van der Waals surface area (Å²) in [5, 5.41) is 16.8. The molecule has 3 N–H and O–H groups in total. The number of methoxy groups -OCH3 is 1. The van der Waals surface area contributed by atoms with E-state index >= 15 is 0 Å². The molecule has 0 saturated heterocycles. The van der Waals surface area contributed by atoms with Gasteiger partial charge in [0.25, 0.3) is 0 Å². The minimum atomic E-state index is 0. The maximum Gasteiger partial charge on any atom is 0.191 e. The number of aromatic hydroxyl groups is 1. The fourth-order valence-corrected chi connectivity index (χ4v) is 2.95. The fraction of sp³-hybridized carbons (Fsp3) is 0.650. The number of nitrogens with zero attached hydrogens (tertiary/aromatic N) is 2. The van der Waals surface area contributed by atoms with Gasteiger partial charge in [-0.3, -0.25) is 4.90 Å². The third kappa shape index (κ3) is 9.01. The standard InChI is InChI=1S/C20H36N4O2.HI/c1-7-21-20(22-12-9-13-24(15(2)3)16(4)5)23-14-17-10-8-11-18(26-6)19(17)25;/h8,10-11,15-16,25H,7,9,12-14H2,1-6H3,(H2,21,22,23);1H. The maximum atomic E-state index is 10.2. The summed E-state index contributed by atoms with van der Waals surface area (Å²) in [7, 11) is 1.55. The Morgan fingerprint density at radius 3 is 2.41 bits per heavy atom. The number of rotatable bonds is 10. The van der Waals surface area contributed by atoms with Gasteiger partial charge in [-0.05, 0) is 47.1 Å². The van der Waals surface area contributed by atoms with Crippen molar-refractivity contribution in [3.63, 3.8) is 0 Å². The molecule has 1 rings (SSSR count). The van der Waals surface area contributed by atoms with Crippen molar-refractivity contribution >= 4 is 29.9 Å². The van der Waals surface area contributed by atoms with Crippen LogP contribution in [0.5, 0.6) is 11.5 Å². The summed E-state index contributed by atoms with van der Waals surface area (Å²) in [6.07, 6.45) is 1.05. The summed E-state index contributed by atoms with van der Waals surface area (Å²) in [6.45, 7) is 14.1. The van der Waals surface area contributed by atoms with Crippen LogP contribution < -0.4 is 15.4 Å². The number of phenolic OH excluding ortho intramolecular Hbond substituents is 1. The van der Waals surface area contributed by atoms with Crippen LogP contribution in [0.1, 0.15) is 46.6 Å². The van der Waals surface area contributed by atoms with Crippen molar-refractivity contribution in [2.45, 2.75) is 59.7 Å². The first-order valence-electron chi connectivity index (χ1n) is 9.53. The molecule has 1 aromatic carbocycles. The third-order valence-corrected chi connectivity index (χ3v) is 4.27. The highest BCUT2D eigenvalue weighted by Gasteiger charge is 2.12. The molecular formula is C20H37IN4O2. The Balaban J connectivity index is 0.00000676. The van der Waals surface area contributed by atoms with Crippen molar-refractivity contribution in [3.8, 4) is 11.5 Å². The summed E-state index contributed by atoms with van der Waals surface area (Å²) < 4.78 is 5.15. The first-order valence-corrected chi connectivity index (χ1v) is 9.53. The average molecular weight is 492 g/mol. The second-order valence-electron chi connectivity index (χ2n) is 6.87. The zero-order valence-electron chi connectivity index (χ0n) is 17.6. The van der Waals surface area contributed by atoms with Crippen LogP contribution in [0.25, 0.3) is 0 Å². The predicted octanol–water partition coefficient (Wildman–Crippen LogP) is 3.58. The van der Waals surface area contributed by atoms with E-state index in [1.807, 2.05) is 19.1 Å². The van der Waals surface area contributed by atoms with Gasteiger partial charge >= 0.3 is 0 Å². The molecule has 0 radical (unpaired) electrons. The Morgan fingerprint density at radius 1 is 1.19 bits per heavy atom. The van der Waals surface area contributed by atoms with Crippen molar-refractivity contribution in [1.82, 2.24) is 15.5 Å². The molecule has 0 heterocycles. The van der Waals surface area contributed by atoms with Crippen molar-refractivity contribution in [3.05, 3.63) is 23.8 Å². The van der Waals surface area contributed by atoms with Gasteiger partial charge in [-0.15, -0.1) is 24.0 Å². The smallest absolute Gasteiger partial charge is 0.191 e. The predicted molar refractivity (Wildman–Crippen MR) is 124 cm³/mol. The van der Waals surface area contributed by atoms with Gasteiger partial charge in [0.2, 0.25) is 0 Å². The van der Waals surface area contributed by atoms with Crippen LogP contribution >= 0.6 is 24.0 Å². The van der Waals surface area contributed by atoms with Crippen molar-refractivity contribution in [1.29, 1.82) is 0 Å². The van der Waals surface area contributed by atoms with Gasteiger partial charge in [-0.1, -0.05) is 12.1 Å². The molecule has 0 amide bonds. The van der Waals surface area contributed by atoms with Crippen LogP contribution in [0.15, 0.2) is 23.2 Å². The number of aliphatic imine (C=N–C) groups is 1. The highest BCUT2D eigenvalue weighted by molar-refractivity contribution is 14.0. The quantitative estimate of drug-likeness (QED) is 0.202. The highest BCUT2D eigenvalue weighted by Crippen LogP contribution is 2.29. The van der Waals surface area contributed by atoms with Gasteiger partial charge in [0, 0.05) is 37.3 Å². The molecule has 0 saturated carbocycles. The van der Waals surface area contributed by atoms with Gasteiger partial charge in [0.1, 0.15) is 0 Å². The average Bonchev–Trinajstić information content (AvgIpc) is 2.59. The maximum absolute atomic E-state index is 10.2. The minimum absolute atomic E-state index is 0. The third-order valence-electron chi connectivity index (χ3n) is 4.27. The summed E-state index contributed by atoms with van der Waals surface area (Å²) in [4.78, 5) is 7.06. The number of ether oxygens (including phenoxy) is 1. The molecular weight excluding hydrogens is 455 g/mol. The number of nitrogens with one attached hydrogen (secondary N) is 2. The Morgan fingerprint density at radius 2 is 1.85 bits per heavy atom. The molecule has 0 spiro atoms. The Kier molecular flexibility index (Phi) is 13.2. The molecule has 0 aliphatic rings. The zero-order chi connectivity index (χ0) is 19.5. The lowest BCUT2D eigenvalue weighted by molar-refractivity contribution is 0.173. The number of hydrogen-bond acceptors (Lipinski definition) is 4. The number of phenols is 1. The lowest BCUT2D eigenvalue weighted by atomic mass is 10.2. The first-order chi connectivity index (χ1) is 12.4. The van der Waals surface area contributed by atoms with Gasteiger partial charge in [0.05, 0.1) is 13.7 Å². The van der Waals surface area contributed by atoms with Crippen LogP contribution in [0.3, 0.4) is 0 Å². The van der Waals surface area contributed by atoms with Crippen LogP contribution in [0, 0.1) is 0 Å². The molecule has 0 bridgehead atoms. The summed E-state index contributed by atoms with van der Waals surface area (Å²) in [5.41, 5.74) is 0.743. The highest BCUT2D eigenvalue weighted by atomic mass is 127. The van der Waals surface area contributed by atoms with Crippen molar-refractivity contribution in [2.24, 2.45) is 4.99 Å². The number of hydrogen-bond donors (Lipinski definition) is 3. The fourth-order valence-electron chi connectivity index (χ4n) is 2.95. The molecule has 7 heteroatoms. The van der Waals surface area contributed by atoms with E-state index < -0.39 is 0 Å². The van der Waals surface area contributed by atoms with Crippen LogP contribution in [-0.4, -0.2) is 54.8 Å². The molecule has 6 nitrogen and oxygen atoms in total. The second-order valence-corrected chi connectivity index (χ2v) is 6.87. The van der Waals surface area contributed by atoms with Crippen molar-refractivity contribution in [2.75, 3.05) is 26.7 Å². The molecule has 0 unspecified atom stereocenters. The van der Waals surface area contributed by atoms with E-state index in [1.54, 1.807) is 13.2 Å². The Labute approximate surface area is 181 Å². The largest absolute Gasteiger partial charge is 0.504 e. The van der Waals surface area contributed by atoms with Crippen LogP contribution in [0.4, 0.5) is 0 Å². The molecule has 0 fully saturated rings. The number of halogens is 1. The monoisotopic (exact) mass is 492 g/mol. The van der Waals surface area contributed by atoms with Crippen molar-refractivity contribution < 1.29 is 9.84 Å². The Bertz CT molecular complexity index is 557. The SMILES string of the molecule is CCNC(=NCc1cccc(OC)c1O)NCCCN(C(C)C)C(C)C.I. The van der Waals surface area contributed by atoms with E-state index in [2.05, 4.69) is 48.2 Å². The zero-order valence-corrected chi connectivity index (χ0v) is 19.9. The minimum Gasteiger partial charge on any atom is -0.504 e. The molecule has 0 atom stereocenters. The number of benzene rings is 1.